The van der Waals surface area contributed by atoms with Crippen LogP contribution in [0, 0.1) is 0 Å². The van der Waals surface area contributed by atoms with Crippen molar-refractivity contribution in [1.29, 1.82) is 0 Å². The summed E-state index contributed by atoms with van der Waals surface area (Å²) < 4.78 is 40.4. The van der Waals surface area contributed by atoms with E-state index < -0.39 is 21.2 Å². The maximum Gasteiger partial charge on any atom is 0.337 e. The number of sulfone groups is 1. The first kappa shape index (κ1) is 33.1. The smallest absolute Gasteiger partial charge is 0.337 e. The first-order valence-electron chi connectivity index (χ1n) is 13.8. The van der Waals surface area contributed by atoms with E-state index in [9.17, 15) is 18.0 Å². The molecule has 0 saturated heterocycles. The van der Waals surface area contributed by atoms with Gasteiger partial charge in [0.15, 0.2) is 15.3 Å². The number of ether oxygens (including phenoxy) is 3. The number of esters is 1. The predicted octanol–water partition coefficient (Wildman–Crippen LogP) is 6.63. The number of methoxy groups -OCH3 is 2. The number of unbranched alkanes of at least 4 members (excludes halogenated alkanes) is 2. The Labute approximate surface area is 239 Å². The summed E-state index contributed by atoms with van der Waals surface area (Å²) >= 11 is 0. The highest BCUT2D eigenvalue weighted by Crippen LogP contribution is 2.37. The van der Waals surface area contributed by atoms with Gasteiger partial charge >= 0.3 is 5.97 Å². The third kappa shape index (κ3) is 9.25. The largest absolute Gasteiger partial charge is 0.496 e. The molecule has 0 aromatic heterocycles. The fraction of sp³-hybridized carbons (Fsp3) is 0.548. The van der Waals surface area contributed by atoms with Crippen molar-refractivity contribution in [2.45, 2.75) is 89.9 Å². The molecule has 2 atom stereocenters. The van der Waals surface area contributed by atoms with Crippen LogP contribution in [0.15, 0.2) is 36.4 Å². The minimum absolute atomic E-state index is 0.144. The molecule has 1 N–H and O–H groups in total. The fourth-order valence-corrected chi connectivity index (χ4v) is 5.60. The summed E-state index contributed by atoms with van der Waals surface area (Å²) in [6.07, 6.45) is 5.45. The summed E-state index contributed by atoms with van der Waals surface area (Å²) in [5.74, 6) is 0.137. The van der Waals surface area contributed by atoms with Gasteiger partial charge in [0.05, 0.1) is 19.8 Å². The van der Waals surface area contributed by atoms with Gasteiger partial charge in [0.1, 0.15) is 11.5 Å². The second-order valence-corrected chi connectivity index (χ2v) is 13.3. The maximum absolute atomic E-state index is 13.5. The van der Waals surface area contributed by atoms with E-state index in [2.05, 4.69) is 12.2 Å². The van der Waals surface area contributed by atoms with E-state index in [4.69, 9.17) is 14.2 Å². The molecule has 0 aliphatic rings. The number of rotatable bonds is 14. The molecular weight excluding hydrogens is 530 g/mol. The van der Waals surface area contributed by atoms with Crippen molar-refractivity contribution in [1.82, 2.24) is 0 Å². The number of benzene rings is 2. The van der Waals surface area contributed by atoms with Gasteiger partial charge in [0.25, 0.3) is 0 Å². The van der Waals surface area contributed by atoms with Crippen LogP contribution in [0.25, 0.3) is 0 Å². The molecule has 9 heteroatoms. The van der Waals surface area contributed by atoms with Crippen LogP contribution in [0.3, 0.4) is 0 Å². The molecule has 2 aromatic carbocycles. The molecule has 0 aliphatic heterocycles. The molecule has 0 aliphatic carbocycles. The van der Waals surface area contributed by atoms with E-state index >= 15 is 0 Å². The molecule has 0 spiro atoms. The number of hydrogen-bond donors (Lipinski definition) is 1. The molecule has 2 unspecified atom stereocenters. The highest BCUT2D eigenvalue weighted by Gasteiger charge is 2.25. The van der Waals surface area contributed by atoms with E-state index in [0.29, 0.717) is 29.2 Å². The number of nitrogens with one attached hydrogen (secondary N) is 1. The maximum atomic E-state index is 13.5. The molecule has 222 valence electrons. The molecule has 1 amide bonds. The summed E-state index contributed by atoms with van der Waals surface area (Å²) in [6.45, 7) is 10.0. The van der Waals surface area contributed by atoms with E-state index in [1.165, 1.54) is 7.11 Å². The zero-order valence-electron chi connectivity index (χ0n) is 25.1. The van der Waals surface area contributed by atoms with Crippen molar-refractivity contribution < 1.29 is 32.2 Å². The van der Waals surface area contributed by atoms with E-state index in [0.717, 1.165) is 43.1 Å². The lowest BCUT2D eigenvalue weighted by atomic mass is 9.85. The lowest BCUT2D eigenvalue weighted by Crippen LogP contribution is -2.25. The topological polar surface area (TPSA) is 108 Å². The fourth-order valence-electron chi connectivity index (χ4n) is 4.71. The van der Waals surface area contributed by atoms with Crippen molar-refractivity contribution in [2.24, 2.45) is 0 Å². The molecule has 0 saturated carbocycles. The van der Waals surface area contributed by atoms with E-state index in [-0.39, 0.29) is 23.7 Å². The summed E-state index contributed by atoms with van der Waals surface area (Å²) in [7, 11) is -0.514. The van der Waals surface area contributed by atoms with Crippen LogP contribution in [0.4, 0.5) is 5.69 Å². The molecule has 0 heterocycles. The van der Waals surface area contributed by atoms with Crippen LogP contribution in [-0.4, -0.2) is 46.2 Å². The second-order valence-electron chi connectivity index (χ2n) is 11.1. The van der Waals surface area contributed by atoms with Gasteiger partial charge in [-0.1, -0.05) is 66.0 Å². The molecule has 2 aromatic rings. The number of amides is 1. The van der Waals surface area contributed by atoms with Gasteiger partial charge in [-0.25, -0.2) is 13.2 Å². The summed E-state index contributed by atoms with van der Waals surface area (Å²) in [6, 6.07) is 10.5. The lowest BCUT2D eigenvalue weighted by Gasteiger charge is -2.25. The molecule has 0 radical (unpaired) electrons. The average molecular weight is 576 g/mol. The third-order valence-electron chi connectivity index (χ3n) is 6.83. The predicted molar refractivity (Wildman–Crippen MR) is 159 cm³/mol. The Bertz CT molecular complexity index is 1260. The van der Waals surface area contributed by atoms with Crippen LogP contribution in [-0.2, 0) is 24.8 Å². The van der Waals surface area contributed by atoms with Crippen LogP contribution in [0.2, 0.25) is 0 Å². The van der Waals surface area contributed by atoms with Crippen LogP contribution in [0.1, 0.15) is 101 Å². The molecule has 8 nitrogen and oxygen atoms in total. The van der Waals surface area contributed by atoms with Crippen LogP contribution >= 0.6 is 0 Å². The Morgan fingerprint density at radius 1 is 1.00 bits per heavy atom. The minimum atomic E-state index is -3.39. The molecular formula is C31H45NO7S. The quantitative estimate of drug-likeness (QED) is 0.199. The van der Waals surface area contributed by atoms with Crippen molar-refractivity contribution in [3.05, 3.63) is 53.1 Å². The van der Waals surface area contributed by atoms with Gasteiger partial charge in [-0.15, -0.1) is 0 Å². The lowest BCUT2D eigenvalue weighted by molar-refractivity contribution is -0.116. The number of carbonyl (C=O) groups excluding carboxylic acids is 2. The minimum Gasteiger partial charge on any atom is -0.496 e. The Kier molecular flexibility index (Phi) is 12.0. The average Bonchev–Trinajstić information content (AvgIpc) is 2.89. The van der Waals surface area contributed by atoms with Gasteiger partial charge in [-0.3, -0.25) is 4.79 Å². The highest BCUT2D eigenvalue weighted by molar-refractivity contribution is 7.91. The Balaban J connectivity index is 2.39. The SMILES string of the molecule is CCCCCC(CC(=O)Nc1cc(C(=O)OC)ccc1C(C)(C)C)c1ccc(OC(CC)S(C)(=O)=O)cc1OC. The normalized spacial score (nSPS) is 13.3. The number of carbonyl (C=O) groups is 2. The van der Waals surface area contributed by atoms with Crippen molar-refractivity contribution in [3.8, 4) is 11.5 Å². The summed E-state index contributed by atoms with van der Waals surface area (Å²) in [4.78, 5) is 25.6. The standard InChI is InChI=1S/C31H45NO7S/c1-9-11-12-13-21(24-16-15-23(20-27(24)37-6)39-29(10-2)40(8,35)36)19-28(33)32-26-18-22(30(34)38-7)14-17-25(26)31(3,4)5/h14-18,20-21,29H,9-13,19H2,1-8H3,(H,32,33). The van der Waals surface area contributed by atoms with Crippen molar-refractivity contribution >= 4 is 27.4 Å². The van der Waals surface area contributed by atoms with Crippen LogP contribution < -0.4 is 14.8 Å². The summed E-state index contributed by atoms with van der Waals surface area (Å²) in [5, 5.41) is 3.05. The zero-order chi connectivity index (χ0) is 30.1. The monoisotopic (exact) mass is 575 g/mol. The molecule has 40 heavy (non-hydrogen) atoms. The van der Waals surface area contributed by atoms with Gasteiger partial charge in [-0.2, -0.15) is 0 Å². The number of hydrogen-bond acceptors (Lipinski definition) is 7. The molecule has 0 bridgehead atoms. The number of anilines is 1. The van der Waals surface area contributed by atoms with Crippen molar-refractivity contribution in [2.75, 3.05) is 25.8 Å². The highest BCUT2D eigenvalue weighted by atomic mass is 32.2. The second kappa shape index (κ2) is 14.5. The van der Waals surface area contributed by atoms with Crippen LogP contribution in [0.5, 0.6) is 11.5 Å². The van der Waals surface area contributed by atoms with Gasteiger partial charge in [0.2, 0.25) is 5.91 Å². The third-order valence-corrected chi connectivity index (χ3v) is 8.22. The molecule has 2 rings (SSSR count). The van der Waals surface area contributed by atoms with Gasteiger partial charge < -0.3 is 19.5 Å². The Morgan fingerprint density at radius 2 is 1.70 bits per heavy atom. The Hall–Kier alpha value is -3.07. The van der Waals surface area contributed by atoms with Crippen molar-refractivity contribution in [3.63, 3.8) is 0 Å². The van der Waals surface area contributed by atoms with E-state index in [1.54, 1.807) is 38.3 Å². The molecule has 0 fully saturated rings. The van der Waals surface area contributed by atoms with E-state index in [1.807, 2.05) is 32.9 Å². The Morgan fingerprint density at radius 3 is 2.25 bits per heavy atom. The first-order valence-corrected chi connectivity index (χ1v) is 15.8. The van der Waals surface area contributed by atoms with Gasteiger partial charge in [-0.05, 0) is 53.5 Å². The first-order chi connectivity index (χ1) is 18.7. The van der Waals surface area contributed by atoms with Gasteiger partial charge in [0, 0.05) is 24.4 Å². The summed E-state index contributed by atoms with van der Waals surface area (Å²) in [5.41, 5.74) is 1.49. The zero-order valence-corrected chi connectivity index (χ0v) is 25.9.